The normalized spacial score (nSPS) is 13.4. The molecule has 0 aliphatic carbocycles. The van der Waals surface area contributed by atoms with Crippen LogP contribution in [0.1, 0.15) is 71.5 Å². The Balaban J connectivity index is 2.41. The minimum Gasteiger partial charge on any atom is -0.465 e. The average Bonchev–Trinajstić information content (AvgIpc) is 2.52. The average molecular weight is 322 g/mol. The van der Waals surface area contributed by atoms with Crippen LogP contribution in [0.2, 0.25) is 0 Å². The van der Waals surface area contributed by atoms with E-state index in [2.05, 4.69) is 6.92 Å². The Hall–Kier alpha value is -1.55. The monoisotopic (exact) mass is 322 g/mol. The molecular weight excluding hydrogens is 292 g/mol. The molecule has 0 saturated heterocycles. The van der Waals surface area contributed by atoms with Crippen molar-refractivity contribution in [1.29, 1.82) is 0 Å². The summed E-state index contributed by atoms with van der Waals surface area (Å²) in [5.74, 6) is 0.617. The summed E-state index contributed by atoms with van der Waals surface area (Å²) in [7, 11) is 0. The van der Waals surface area contributed by atoms with Crippen molar-refractivity contribution in [2.45, 2.75) is 72.2 Å². The third-order valence-electron chi connectivity index (χ3n) is 3.60. The van der Waals surface area contributed by atoms with Crippen molar-refractivity contribution in [2.24, 2.45) is 0 Å². The Bertz CT molecular complexity index is 441. The number of rotatable bonds is 11. The number of carbonyl (C=O) groups excluding carboxylic acids is 1. The number of carbonyl (C=O) groups is 1. The highest BCUT2D eigenvalue weighted by Gasteiger charge is 2.12. The van der Waals surface area contributed by atoms with Crippen LogP contribution in [-0.4, -0.2) is 18.9 Å². The molecule has 2 atom stereocenters. The van der Waals surface area contributed by atoms with Crippen molar-refractivity contribution < 1.29 is 19.0 Å². The molecule has 0 N–H and O–H groups in total. The molecule has 0 aliphatic heterocycles. The van der Waals surface area contributed by atoms with Gasteiger partial charge >= 0.3 is 5.97 Å². The first-order chi connectivity index (χ1) is 11.1. The Kier molecular flexibility index (Phi) is 9.37. The second-order valence-electron chi connectivity index (χ2n) is 5.65. The van der Waals surface area contributed by atoms with Crippen LogP contribution >= 0.6 is 0 Å². The summed E-state index contributed by atoms with van der Waals surface area (Å²) in [6, 6.07) is 7.58. The van der Waals surface area contributed by atoms with Gasteiger partial charge in [-0.3, -0.25) is 4.79 Å². The number of hydrogen-bond acceptors (Lipinski definition) is 4. The van der Waals surface area contributed by atoms with Gasteiger partial charge < -0.3 is 14.2 Å². The molecule has 0 heterocycles. The zero-order valence-electron chi connectivity index (χ0n) is 14.8. The molecule has 0 aromatic heterocycles. The maximum atomic E-state index is 11.8. The molecule has 0 amide bonds. The van der Waals surface area contributed by atoms with Crippen molar-refractivity contribution in [3.8, 4) is 5.75 Å². The molecule has 4 heteroatoms. The van der Waals surface area contributed by atoms with Crippen molar-refractivity contribution in [3.05, 3.63) is 29.8 Å². The molecule has 0 aliphatic rings. The second-order valence-corrected chi connectivity index (χ2v) is 5.65. The molecule has 1 aromatic rings. The molecule has 0 saturated carbocycles. The minimum atomic E-state index is -0.274. The maximum Gasteiger partial charge on any atom is 0.306 e. The predicted octanol–water partition coefficient (Wildman–Crippen LogP) is 5.02. The van der Waals surface area contributed by atoms with Crippen LogP contribution in [0.3, 0.4) is 0 Å². The molecule has 2 unspecified atom stereocenters. The van der Waals surface area contributed by atoms with E-state index < -0.39 is 0 Å². The molecule has 1 aromatic carbocycles. The summed E-state index contributed by atoms with van der Waals surface area (Å²) in [6.45, 7) is 8.46. The van der Waals surface area contributed by atoms with Gasteiger partial charge in [0, 0.05) is 13.0 Å². The topological polar surface area (TPSA) is 44.8 Å². The number of benzene rings is 1. The zero-order chi connectivity index (χ0) is 17.1. The van der Waals surface area contributed by atoms with Crippen LogP contribution in [0.5, 0.6) is 5.75 Å². The lowest BCUT2D eigenvalue weighted by Gasteiger charge is -2.16. The standard InChI is InChI=1S/C19H30O4/c1-5-7-8-9-10-19(20)22-15(3)17-11-13-18(14-12-17)23-16(4)21-6-2/h11-16H,5-10H2,1-4H3. The van der Waals surface area contributed by atoms with Gasteiger partial charge in [-0.05, 0) is 44.9 Å². The Morgan fingerprint density at radius 3 is 2.35 bits per heavy atom. The van der Waals surface area contributed by atoms with Crippen LogP contribution in [0.4, 0.5) is 0 Å². The van der Waals surface area contributed by atoms with Crippen LogP contribution < -0.4 is 4.74 Å². The van der Waals surface area contributed by atoms with Gasteiger partial charge in [0.25, 0.3) is 0 Å². The van der Waals surface area contributed by atoms with Gasteiger partial charge in [0.1, 0.15) is 11.9 Å². The van der Waals surface area contributed by atoms with E-state index in [9.17, 15) is 4.79 Å². The number of ether oxygens (including phenoxy) is 3. The highest BCUT2D eigenvalue weighted by molar-refractivity contribution is 5.69. The summed E-state index contributed by atoms with van der Waals surface area (Å²) in [5.41, 5.74) is 0.961. The smallest absolute Gasteiger partial charge is 0.306 e. The van der Waals surface area contributed by atoms with Gasteiger partial charge in [-0.1, -0.05) is 38.3 Å². The molecule has 0 bridgehead atoms. The molecule has 130 valence electrons. The van der Waals surface area contributed by atoms with Crippen molar-refractivity contribution in [1.82, 2.24) is 0 Å². The molecule has 0 radical (unpaired) electrons. The molecule has 0 spiro atoms. The number of esters is 1. The molecule has 1 rings (SSSR count). The fraction of sp³-hybridized carbons (Fsp3) is 0.632. The molecular formula is C19H30O4. The lowest BCUT2D eigenvalue weighted by Crippen LogP contribution is -2.16. The van der Waals surface area contributed by atoms with E-state index in [-0.39, 0.29) is 18.4 Å². The lowest BCUT2D eigenvalue weighted by molar-refractivity contribution is -0.148. The van der Waals surface area contributed by atoms with Gasteiger partial charge in [0.2, 0.25) is 0 Å². The van der Waals surface area contributed by atoms with E-state index >= 15 is 0 Å². The van der Waals surface area contributed by atoms with E-state index in [1.54, 1.807) is 0 Å². The summed E-state index contributed by atoms with van der Waals surface area (Å²) < 4.78 is 16.4. The fourth-order valence-corrected chi connectivity index (χ4v) is 2.30. The third-order valence-corrected chi connectivity index (χ3v) is 3.60. The Labute approximate surface area is 140 Å². The van der Waals surface area contributed by atoms with Crippen LogP contribution in [0, 0.1) is 0 Å². The van der Waals surface area contributed by atoms with E-state index in [1.807, 2.05) is 45.0 Å². The van der Waals surface area contributed by atoms with Crippen molar-refractivity contribution >= 4 is 5.97 Å². The quantitative estimate of drug-likeness (QED) is 0.326. The minimum absolute atomic E-state index is 0.126. The summed E-state index contributed by atoms with van der Waals surface area (Å²) in [5, 5.41) is 0. The van der Waals surface area contributed by atoms with Gasteiger partial charge in [-0.25, -0.2) is 0 Å². The lowest BCUT2D eigenvalue weighted by atomic mass is 10.1. The van der Waals surface area contributed by atoms with Crippen LogP contribution in [0.25, 0.3) is 0 Å². The van der Waals surface area contributed by atoms with E-state index in [0.717, 1.165) is 24.2 Å². The van der Waals surface area contributed by atoms with E-state index in [1.165, 1.54) is 12.8 Å². The molecule has 4 nitrogen and oxygen atoms in total. The van der Waals surface area contributed by atoms with Gasteiger partial charge in [0.15, 0.2) is 6.29 Å². The fourth-order valence-electron chi connectivity index (χ4n) is 2.30. The first-order valence-electron chi connectivity index (χ1n) is 8.64. The Morgan fingerprint density at radius 2 is 1.74 bits per heavy atom. The summed E-state index contributed by atoms with van der Waals surface area (Å²) in [4.78, 5) is 11.8. The first kappa shape index (κ1) is 19.5. The first-order valence-corrected chi connectivity index (χ1v) is 8.64. The summed E-state index contributed by atoms with van der Waals surface area (Å²) in [6.07, 6.45) is 4.31. The summed E-state index contributed by atoms with van der Waals surface area (Å²) >= 11 is 0. The zero-order valence-corrected chi connectivity index (χ0v) is 14.8. The van der Waals surface area contributed by atoms with E-state index in [0.29, 0.717) is 13.0 Å². The van der Waals surface area contributed by atoms with Crippen molar-refractivity contribution in [3.63, 3.8) is 0 Å². The highest BCUT2D eigenvalue weighted by Crippen LogP contribution is 2.22. The number of unbranched alkanes of at least 4 members (excludes halogenated alkanes) is 3. The molecule has 0 fully saturated rings. The predicted molar refractivity (Wildman–Crippen MR) is 91.4 cm³/mol. The largest absolute Gasteiger partial charge is 0.465 e. The highest BCUT2D eigenvalue weighted by atomic mass is 16.7. The van der Waals surface area contributed by atoms with Gasteiger partial charge in [-0.15, -0.1) is 0 Å². The van der Waals surface area contributed by atoms with Gasteiger partial charge in [-0.2, -0.15) is 0 Å². The second kappa shape index (κ2) is 11.1. The third kappa shape index (κ3) is 8.03. The van der Waals surface area contributed by atoms with Crippen LogP contribution in [0.15, 0.2) is 24.3 Å². The van der Waals surface area contributed by atoms with Crippen LogP contribution in [-0.2, 0) is 14.3 Å². The SMILES string of the molecule is CCCCCCC(=O)OC(C)c1ccc(OC(C)OCC)cc1. The Morgan fingerprint density at radius 1 is 1.04 bits per heavy atom. The maximum absolute atomic E-state index is 11.8. The van der Waals surface area contributed by atoms with E-state index in [4.69, 9.17) is 14.2 Å². The van der Waals surface area contributed by atoms with Crippen molar-refractivity contribution in [2.75, 3.05) is 6.61 Å². The van der Waals surface area contributed by atoms with Gasteiger partial charge in [0.05, 0.1) is 0 Å². The number of hydrogen-bond donors (Lipinski definition) is 0. The molecule has 23 heavy (non-hydrogen) atoms.